The Bertz CT molecular complexity index is 939. The molecule has 0 spiro atoms. The third kappa shape index (κ3) is 7.17. The van der Waals surface area contributed by atoms with E-state index in [1.807, 2.05) is 6.07 Å². The Morgan fingerprint density at radius 3 is 2.39 bits per heavy atom. The predicted molar refractivity (Wildman–Crippen MR) is 126 cm³/mol. The van der Waals surface area contributed by atoms with Crippen molar-refractivity contribution in [2.24, 2.45) is 4.99 Å². The molecule has 1 fully saturated rings. The first-order valence-corrected chi connectivity index (χ1v) is 12.6. The number of sulfone groups is 1. The van der Waals surface area contributed by atoms with Gasteiger partial charge in [0, 0.05) is 37.6 Å². The van der Waals surface area contributed by atoms with Crippen LogP contribution in [0.1, 0.15) is 19.8 Å². The van der Waals surface area contributed by atoms with Gasteiger partial charge in [-0.25, -0.2) is 13.4 Å². The summed E-state index contributed by atoms with van der Waals surface area (Å²) in [5, 5.41) is 6.84. The zero-order chi connectivity index (χ0) is 22.1. The Morgan fingerprint density at radius 1 is 1.10 bits per heavy atom. The molecule has 168 valence electrons. The fourth-order valence-electron chi connectivity index (χ4n) is 3.54. The summed E-state index contributed by atoms with van der Waals surface area (Å²) in [4.78, 5) is 7.33. The topological polar surface area (TPSA) is 83.0 Å². The van der Waals surface area contributed by atoms with Gasteiger partial charge in [-0.3, -0.25) is 0 Å². The fourth-order valence-corrected chi connectivity index (χ4v) is 4.17. The molecular weight excluding hydrogens is 412 g/mol. The van der Waals surface area contributed by atoms with Crippen molar-refractivity contribution in [1.29, 1.82) is 0 Å². The maximum absolute atomic E-state index is 11.5. The van der Waals surface area contributed by atoms with Crippen molar-refractivity contribution in [3.05, 3.63) is 54.6 Å². The molecule has 0 aliphatic carbocycles. The van der Waals surface area contributed by atoms with E-state index in [-0.39, 0.29) is 4.90 Å². The summed E-state index contributed by atoms with van der Waals surface area (Å²) in [5.41, 5.74) is 1.28. The minimum Gasteiger partial charge on any atom is -0.492 e. The van der Waals surface area contributed by atoms with Crippen molar-refractivity contribution in [3.8, 4) is 5.75 Å². The highest BCUT2D eigenvalue weighted by Crippen LogP contribution is 2.19. The maximum atomic E-state index is 11.5. The van der Waals surface area contributed by atoms with E-state index in [1.165, 1.54) is 11.9 Å². The SMILES string of the molecule is CCNC(=NCCOc1ccc(S(C)(=O)=O)cc1)NC1CCN(c2ccccc2)CC1. The van der Waals surface area contributed by atoms with Crippen LogP contribution in [0.3, 0.4) is 0 Å². The van der Waals surface area contributed by atoms with Crippen molar-refractivity contribution in [2.75, 3.05) is 43.9 Å². The van der Waals surface area contributed by atoms with Gasteiger partial charge in [0.1, 0.15) is 12.4 Å². The fraction of sp³-hybridized carbons (Fsp3) is 0.435. The van der Waals surface area contributed by atoms with Gasteiger partial charge in [0.05, 0.1) is 11.4 Å². The molecule has 0 unspecified atom stereocenters. The van der Waals surface area contributed by atoms with E-state index in [9.17, 15) is 8.42 Å². The number of rotatable bonds is 8. The Balaban J connectivity index is 1.45. The number of aliphatic imine (C=N–C) groups is 1. The monoisotopic (exact) mass is 444 g/mol. The molecule has 2 aromatic rings. The van der Waals surface area contributed by atoms with E-state index < -0.39 is 9.84 Å². The van der Waals surface area contributed by atoms with Crippen molar-refractivity contribution < 1.29 is 13.2 Å². The number of piperidine rings is 1. The van der Waals surface area contributed by atoms with Crippen LogP contribution in [0.15, 0.2) is 64.5 Å². The van der Waals surface area contributed by atoms with E-state index in [4.69, 9.17) is 4.74 Å². The van der Waals surface area contributed by atoms with E-state index in [0.717, 1.165) is 38.4 Å². The van der Waals surface area contributed by atoms with Crippen LogP contribution in [0.2, 0.25) is 0 Å². The third-order valence-electron chi connectivity index (χ3n) is 5.18. The largest absolute Gasteiger partial charge is 0.492 e. The minimum absolute atomic E-state index is 0.287. The minimum atomic E-state index is -3.19. The van der Waals surface area contributed by atoms with Gasteiger partial charge in [0.2, 0.25) is 0 Å². The molecule has 0 aromatic heterocycles. The molecule has 0 amide bonds. The van der Waals surface area contributed by atoms with E-state index in [2.05, 4.69) is 51.7 Å². The van der Waals surface area contributed by atoms with Crippen LogP contribution in [-0.4, -0.2) is 59.5 Å². The van der Waals surface area contributed by atoms with E-state index >= 15 is 0 Å². The first kappa shape index (κ1) is 22.9. The first-order valence-electron chi connectivity index (χ1n) is 10.7. The zero-order valence-electron chi connectivity index (χ0n) is 18.3. The van der Waals surface area contributed by atoms with Gasteiger partial charge >= 0.3 is 0 Å². The molecule has 1 saturated heterocycles. The van der Waals surface area contributed by atoms with Gasteiger partial charge in [-0.1, -0.05) is 18.2 Å². The molecule has 0 radical (unpaired) electrons. The van der Waals surface area contributed by atoms with Crippen LogP contribution in [0.5, 0.6) is 5.75 Å². The summed E-state index contributed by atoms with van der Waals surface area (Å²) in [5.74, 6) is 1.44. The lowest BCUT2D eigenvalue weighted by molar-refractivity contribution is 0.328. The summed E-state index contributed by atoms with van der Waals surface area (Å²) in [6.45, 7) is 5.81. The second-order valence-corrected chi connectivity index (χ2v) is 9.61. The molecule has 7 nitrogen and oxygen atoms in total. The number of hydrogen-bond acceptors (Lipinski definition) is 5. The highest BCUT2D eigenvalue weighted by atomic mass is 32.2. The zero-order valence-corrected chi connectivity index (χ0v) is 19.1. The standard InChI is InChI=1S/C23H32N4O3S/c1-3-24-23(25-15-18-30-21-9-11-22(12-10-21)31(2,28)29)26-19-13-16-27(17-14-19)20-7-5-4-6-8-20/h4-12,19H,3,13-18H2,1-2H3,(H2,24,25,26). The van der Waals surface area contributed by atoms with Crippen LogP contribution in [-0.2, 0) is 9.84 Å². The second-order valence-electron chi connectivity index (χ2n) is 7.59. The lowest BCUT2D eigenvalue weighted by atomic mass is 10.0. The average Bonchev–Trinajstić information content (AvgIpc) is 2.77. The average molecular weight is 445 g/mol. The molecule has 31 heavy (non-hydrogen) atoms. The van der Waals surface area contributed by atoms with Crippen LogP contribution >= 0.6 is 0 Å². The molecule has 8 heteroatoms. The number of nitrogens with one attached hydrogen (secondary N) is 2. The van der Waals surface area contributed by atoms with Crippen LogP contribution in [0.4, 0.5) is 5.69 Å². The van der Waals surface area contributed by atoms with Gasteiger partial charge in [-0.2, -0.15) is 0 Å². The summed E-state index contributed by atoms with van der Waals surface area (Å²) >= 11 is 0. The van der Waals surface area contributed by atoms with Crippen LogP contribution in [0, 0.1) is 0 Å². The smallest absolute Gasteiger partial charge is 0.191 e. The molecule has 2 N–H and O–H groups in total. The van der Waals surface area contributed by atoms with Gasteiger partial charge < -0.3 is 20.3 Å². The van der Waals surface area contributed by atoms with E-state index in [0.29, 0.717) is 24.9 Å². The lowest BCUT2D eigenvalue weighted by Gasteiger charge is -2.34. The Hall–Kier alpha value is -2.74. The number of ether oxygens (including phenoxy) is 1. The molecule has 1 aliphatic rings. The van der Waals surface area contributed by atoms with Gasteiger partial charge in [0.15, 0.2) is 15.8 Å². The first-order chi connectivity index (χ1) is 15.0. The van der Waals surface area contributed by atoms with Gasteiger partial charge in [0.25, 0.3) is 0 Å². The molecule has 2 aromatic carbocycles. The Kier molecular flexibility index (Phi) is 8.17. The number of guanidine groups is 1. The maximum Gasteiger partial charge on any atom is 0.191 e. The van der Waals surface area contributed by atoms with Crippen molar-refractivity contribution in [3.63, 3.8) is 0 Å². The molecular formula is C23H32N4O3S. The van der Waals surface area contributed by atoms with Crippen molar-refractivity contribution in [1.82, 2.24) is 10.6 Å². The Labute approximate surface area is 185 Å². The number of nitrogens with zero attached hydrogens (tertiary/aromatic N) is 2. The highest BCUT2D eigenvalue weighted by Gasteiger charge is 2.20. The number of anilines is 1. The number of benzene rings is 2. The summed E-state index contributed by atoms with van der Waals surface area (Å²) in [6, 6.07) is 17.4. The highest BCUT2D eigenvalue weighted by molar-refractivity contribution is 7.90. The number of para-hydroxylation sites is 1. The molecule has 1 heterocycles. The van der Waals surface area contributed by atoms with Crippen LogP contribution < -0.4 is 20.3 Å². The van der Waals surface area contributed by atoms with Crippen LogP contribution in [0.25, 0.3) is 0 Å². The molecule has 0 bridgehead atoms. The predicted octanol–water partition coefficient (Wildman–Crippen LogP) is 2.69. The molecule has 3 rings (SSSR count). The molecule has 0 atom stereocenters. The third-order valence-corrected chi connectivity index (χ3v) is 6.31. The van der Waals surface area contributed by atoms with Gasteiger partial charge in [-0.15, -0.1) is 0 Å². The molecule has 0 saturated carbocycles. The van der Waals surface area contributed by atoms with Crippen molar-refractivity contribution >= 4 is 21.5 Å². The second kappa shape index (κ2) is 11.0. The summed E-state index contributed by atoms with van der Waals surface area (Å²) < 4.78 is 28.7. The number of hydrogen-bond donors (Lipinski definition) is 2. The molecule has 1 aliphatic heterocycles. The van der Waals surface area contributed by atoms with Gasteiger partial charge in [-0.05, 0) is 56.2 Å². The lowest BCUT2D eigenvalue weighted by Crippen LogP contribution is -2.48. The van der Waals surface area contributed by atoms with E-state index in [1.54, 1.807) is 24.3 Å². The van der Waals surface area contributed by atoms with Crippen molar-refractivity contribution in [2.45, 2.75) is 30.7 Å². The Morgan fingerprint density at radius 2 is 1.77 bits per heavy atom. The summed E-state index contributed by atoms with van der Waals surface area (Å²) in [7, 11) is -3.19. The quantitative estimate of drug-likeness (QED) is 0.370. The normalized spacial score (nSPS) is 15.5. The summed E-state index contributed by atoms with van der Waals surface area (Å²) in [6.07, 6.45) is 3.31.